The summed E-state index contributed by atoms with van der Waals surface area (Å²) in [7, 11) is 6.26. The standard InChI is InChI=1S/C11H22N2O2/c1-12(2)9-5-4-8-13(3)10(9)6-7-11(14)15/h9-10H,4-8H2,1-3H3,(H,14,15). The lowest BCUT2D eigenvalue weighted by molar-refractivity contribution is -0.137. The Balaban J connectivity index is 2.56. The van der Waals surface area contributed by atoms with Crippen molar-refractivity contribution in [2.45, 2.75) is 37.8 Å². The van der Waals surface area contributed by atoms with Crippen molar-refractivity contribution in [3.8, 4) is 0 Å². The molecule has 1 rings (SSSR count). The van der Waals surface area contributed by atoms with Gasteiger partial charge in [-0.25, -0.2) is 0 Å². The third-order valence-electron chi connectivity index (χ3n) is 3.34. The molecular formula is C11H22N2O2. The second kappa shape index (κ2) is 5.47. The monoisotopic (exact) mass is 214 g/mol. The van der Waals surface area contributed by atoms with E-state index in [2.05, 4.69) is 30.9 Å². The molecule has 88 valence electrons. The molecule has 1 heterocycles. The fraction of sp³-hybridized carbons (Fsp3) is 0.909. The molecule has 1 N–H and O–H groups in total. The molecular weight excluding hydrogens is 192 g/mol. The fourth-order valence-electron chi connectivity index (χ4n) is 2.49. The molecule has 1 aliphatic rings. The molecule has 4 nitrogen and oxygen atoms in total. The molecule has 15 heavy (non-hydrogen) atoms. The van der Waals surface area contributed by atoms with Gasteiger partial charge in [0.1, 0.15) is 0 Å². The highest BCUT2D eigenvalue weighted by atomic mass is 16.4. The van der Waals surface area contributed by atoms with Crippen molar-refractivity contribution in [2.24, 2.45) is 0 Å². The third kappa shape index (κ3) is 3.47. The molecule has 1 fully saturated rings. The summed E-state index contributed by atoms with van der Waals surface area (Å²) in [5.74, 6) is -0.688. The van der Waals surface area contributed by atoms with Gasteiger partial charge in [-0.05, 0) is 47.0 Å². The SMILES string of the molecule is CN(C)C1CCCN(C)C1CCC(=O)O. The minimum Gasteiger partial charge on any atom is -0.481 e. The zero-order valence-corrected chi connectivity index (χ0v) is 9.94. The molecule has 0 saturated carbocycles. The van der Waals surface area contributed by atoms with Gasteiger partial charge in [0.2, 0.25) is 0 Å². The topological polar surface area (TPSA) is 43.8 Å². The van der Waals surface area contributed by atoms with E-state index >= 15 is 0 Å². The minimum atomic E-state index is -0.688. The van der Waals surface area contributed by atoms with Gasteiger partial charge in [0.05, 0.1) is 0 Å². The van der Waals surface area contributed by atoms with Gasteiger partial charge in [0.15, 0.2) is 0 Å². The first-order valence-corrected chi connectivity index (χ1v) is 5.61. The predicted octanol–water partition coefficient (Wildman–Crippen LogP) is 0.876. The normalized spacial score (nSPS) is 28.3. The van der Waals surface area contributed by atoms with E-state index in [-0.39, 0.29) is 6.42 Å². The Morgan fingerprint density at radius 2 is 2.20 bits per heavy atom. The average molecular weight is 214 g/mol. The van der Waals surface area contributed by atoms with Gasteiger partial charge in [0, 0.05) is 18.5 Å². The van der Waals surface area contributed by atoms with Crippen LogP contribution in [0.25, 0.3) is 0 Å². The van der Waals surface area contributed by atoms with E-state index in [0.29, 0.717) is 12.1 Å². The Kier molecular flexibility index (Phi) is 4.54. The van der Waals surface area contributed by atoms with E-state index in [1.165, 1.54) is 12.8 Å². The van der Waals surface area contributed by atoms with Crippen LogP contribution in [-0.2, 0) is 4.79 Å². The number of rotatable bonds is 4. The molecule has 0 aromatic carbocycles. The fourth-order valence-corrected chi connectivity index (χ4v) is 2.49. The number of carboxylic acids is 1. The summed E-state index contributed by atoms with van der Waals surface area (Å²) in [6, 6.07) is 0.896. The maximum atomic E-state index is 10.6. The highest BCUT2D eigenvalue weighted by molar-refractivity contribution is 5.66. The molecule has 2 atom stereocenters. The van der Waals surface area contributed by atoms with Crippen LogP contribution in [0.5, 0.6) is 0 Å². The number of hydrogen-bond donors (Lipinski definition) is 1. The average Bonchev–Trinajstić information content (AvgIpc) is 2.15. The number of nitrogens with zero attached hydrogens (tertiary/aromatic N) is 2. The quantitative estimate of drug-likeness (QED) is 0.754. The van der Waals surface area contributed by atoms with Crippen molar-refractivity contribution in [2.75, 3.05) is 27.7 Å². The van der Waals surface area contributed by atoms with Gasteiger partial charge in [0.25, 0.3) is 0 Å². The van der Waals surface area contributed by atoms with Gasteiger partial charge in [-0.1, -0.05) is 0 Å². The molecule has 0 aromatic heterocycles. The summed E-state index contributed by atoms with van der Waals surface area (Å²) in [6.45, 7) is 1.09. The molecule has 0 spiro atoms. The summed E-state index contributed by atoms with van der Waals surface area (Å²) < 4.78 is 0. The molecule has 0 aromatic rings. The Morgan fingerprint density at radius 3 is 2.73 bits per heavy atom. The van der Waals surface area contributed by atoms with Crippen molar-refractivity contribution >= 4 is 5.97 Å². The predicted molar refractivity (Wildman–Crippen MR) is 60.0 cm³/mol. The highest BCUT2D eigenvalue weighted by Crippen LogP contribution is 2.22. The van der Waals surface area contributed by atoms with Crippen molar-refractivity contribution < 1.29 is 9.90 Å². The first-order chi connectivity index (χ1) is 7.02. The number of carboxylic acid groups (broad SMARTS) is 1. The van der Waals surface area contributed by atoms with Crippen LogP contribution in [0.1, 0.15) is 25.7 Å². The van der Waals surface area contributed by atoms with Crippen LogP contribution >= 0.6 is 0 Å². The molecule has 0 aliphatic carbocycles. The first-order valence-electron chi connectivity index (χ1n) is 5.61. The largest absolute Gasteiger partial charge is 0.481 e. The van der Waals surface area contributed by atoms with Gasteiger partial charge in [-0.2, -0.15) is 0 Å². The molecule has 0 bridgehead atoms. The van der Waals surface area contributed by atoms with Crippen molar-refractivity contribution in [1.82, 2.24) is 9.80 Å². The van der Waals surface area contributed by atoms with E-state index in [1.807, 2.05) is 0 Å². The van der Waals surface area contributed by atoms with Gasteiger partial charge >= 0.3 is 5.97 Å². The van der Waals surface area contributed by atoms with Crippen LogP contribution in [0.3, 0.4) is 0 Å². The first kappa shape index (κ1) is 12.5. The Hall–Kier alpha value is -0.610. The van der Waals surface area contributed by atoms with Crippen LogP contribution < -0.4 is 0 Å². The summed E-state index contributed by atoms with van der Waals surface area (Å²) in [5.41, 5.74) is 0. The molecule has 4 heteroatoms. The van der Waals surface area contributed by atoms with Crippen molar-refractivity contribution in [1.29, 1.82) is 0 Å². The van der Waals surface area contributed by atoms with Crippen molar-refractivity contribution in [3.63, 3.8) is 0 Å². The Labute approximate surface area is 91.9 Å². The number of aliphatic carboxylic acids is 1. The van der Waals surface area contributed by atoms with Crippen LogP contribution in [0.2, 0.25) is 0 Å². The second-order valence-electron chi connectivity index (χ2n) is 4.65. The van der Waals surface area contributed by atoms with Crippen LogP contribution in [-0.4, -0.2) is 60.6 Å². The lowest BCUT2D eigenvalue weighted by Crippen LogP contribution is -2.52. The molecule has 1 aliphatic heterocycles. The van der Waals surface area contributed by atoms with Crippen LogP contribution in [0, 0.1) is 0 Å². The van der Waals surface area contributed by atoms with E-state index in [1.54, 1.807) is 0 Å². The third-order valence-corrected chi connectivity index (χ3v) is 3.34. The highest BCUT2D eigenvalue weighted by Gasteiger charge is 2.30. The number of likely N-dealkylation sites (tertiary alicyclic amines) is 1. The van der Waals surface area contributed by atoms with Crippen LogP contribution in [0.4, 0.5) is 0 Å². The Morgan fingerprint density at radius 1 is 1.53 bits per heavy atom. The lowest BCUT2D eigenvalue weighted by Gasteiger charge is -2.42. The molecule has 2 unspecified atom stereocenters. The molecule has 0 radical (unpaired) electrons. The summed E-state index contributed by atoms with van der Waals surface area (Å²) in [5, 5.41) is 8.72. The smallest absolute Gasteiger partial charge is 0.303 e. The zero-order valence-electron chi connectivity index (χ0n) is 9.94. The maximum Gasteiger partial charge on any atom is 0.303 e. The maximum absolute atomic E-state index is 10.6. The van der Waals surface area contributed by atoms with E-state index < -0.39 is 5.97 Å². The van der Waals surface area contributed by atoms with E-state index in [0.717, 1.165) is 13.0 Å². The summed E-state index contributed by atoms with van der Waals surface area (Å²) in [4.78, 5) is 15.1. The minimum absolute atomic E-state index is 0.277. The Bertz CT molecular complexity index is 219. The lowest BCUT2D eigenvalue weighted by atomic mass is 9.92. The zero-order chi connectivity index (χ0) is 11.4. The molecule has 0 amide bonds. The van der Waals surface area contributed by atoms with E-state index in [9.17, 15) is 4.79 Å². The van der Waals surface area contributed by atoms with Gasteiger partial charge < -0.3 is 14.9 Å². The number of likely N-dealkylation sites (N-methyl/N-ethyl adjacent to an activating group) is 2. The second-order valence-corrected chi connectivity index (χ2v) is 4.65. The number of piperidine rings is 1. The van der Waals surface area contributed by atoms with Crippen LogP contribution in [0.15, 0.2) is 0 Å². The number of carbonyl (C=O) groups is 1. The van der Waals surface area contributed by atoms with Gasteiger partial charge in [-0.3, -0.25) is 4.79 Å². The summed E-state index contributed by atoms with van der Waals surface area (Å²) >= 11 is 0. The van der Waals surface area contributed by atoms with E-state index in [4.69, 9.17) is 5.11 Å². The van der Waals surface area contributed by atoms with Gasteiger partial charge in [-0.15, -0.1) is 0 Å². The number of hydrogen-bond acceptors (Lipinski definition) is 3. The summed E-state index contributed by atoms with van der Waals surface area (Å²) in [6.07, 6.45) is 3.43. The van der Waals surface area contributed by atoms with Crippen molar-refractivity contribution in [3.05, 3.63) is 0 Å². The molecule has 1 saturated heterocycles.